The molecule has 0 fully saturated rings. The van der Waals surface area contributed by atoms with E-state index in [4.69, 9.17) is 15.0 Å². The van der Waals surface area contributed by atoms with Crippen molar-refractivity contribution in [3.63, 3.8) is 0 Å². The average molecular weight is 813 g/mol. The van der Waals surface area contributed by atoms with Gasteiger partial charge in [-0.15, -0.1) is 0 Å². The standard InChI is InChI=1S/C57H44N6/c1-7-19-46(20-8-1)61(47-21-9-2-10-22-47)52-37-31-43(32-38-52)55-58-56(44-33-39-53(40-34-44)62(48-23-11-3-12-24-48)49-25-13-4-14-26-49)60-57(59-55)45-35-41-54(42-36-45)63(50-27-15-5-16-28-50)51-29-17-6-18-30-51/h1-17,19-29,31-42H,18,30H2. The molecule has 63 heavy (non-hydrogen) atoms. The molecule has 0 radical (unpaired) electrons. The Morgan fingerprint density at radius 2 is 0.556 bits per heavy atom. The van der Waals surface area contributed by atoms with Gasteiger partial charge in [0.1, 0.15) is 0 Å². The molecule has 6 nitrogen and oxygen atoms in total. The first kappa shape index (κ1) is 38.8. The zero-order valence-corrected chi connectivity index (χ0v) is 34.7. The molecule has 1 aliphatic rings. The van der Waals surface area contributed by atoms with Gasteiger partial charge >= 0.3 is 0 Å². The third kappa shape index (κ3) is 8.51. The van der Waals surface area contributed by atoms with Crippen molar-refractivity contribution < 1.29 is 0 Å². The number of allylic oxidation sites excluding steroid dienone is 4. The summed E-state index contributed by atoms with van der Waals surface area (Å²) < 4.78 is 0. The third-order valence-electron chi connectivity index (χ3n) is 11.1. The number of anilines is 8. The van der Waals surface area contributed by atoms with Crippen molar-refractivity contribution >= 4 is 45.5 Å². The maximum Gasteiger partial charge on any atom is 0.164 e. The molecule has 1 heterocycles. The molecular weight excluding hydrogens is 769 g/mol. The minimum absolute atomic E-state index is 0.598. The summed E-state index contributed by atoms with van der Waals surface area (Å²) in [5.74, 6) is 1.80. The first-order valence-corrected chi connectivity index (χ1v) is 21.3. The van der Waals surface area contributed by atoms with Crippen molar-refractivity contribution in [3.8, 4) is 34.2 Å². The summed E-state index contributed by atoms with van der Waals surface area (Å²) in [5.41, 5.74) is 12.5. The quantitative estimate of drug-likeness (QED) is 0.122. The van der Waals surface area contributed by atoms with Crippen molar-refractivity contribution in [1.29, 1.82) is 0 Å². The number of hydrogen-bond acceptors (Lipinski definition) is 6. The molecule has 0 saturated heterocycles. The second-order valence-electron chi connectivity index (χ2n) is 15.3. The number of para-hydroxylation sites is 5. The summed E-state index contributed by atoms with van der Waals surface area (Å²) in [7, 11) is 0. The number of nitrogens with zero attached hydrogens (tertiary/aromatic N) is 6. The summed E-state index contributed by atoms with van der Waals surface area (Å²) in [6, 6.07) is 77.8. The van der Waals surface area contributed by atoms with Crippen LogP contribution >= 0.6 is 0 Å². The van der Waals surface area contributed by atoms with E-state index in [2.05, 4.69) is 233 Å². The van der Waals surface area contributed by atoms with E-state index in [1.54, 1.807) is 0 Å². The lowest BCUT2D eigenvalue weighted by Crippen LogP contribution is -2.17. The van der Waals surface area contributed by atoms with Crippen LogP contribution in [0.2, 0.25) is 0 Å². The van der Waals surface area contributed by atoms with Gasteiger partial charge in [0.25, 0.3) is 0 Å². The number of aromatic nitrogens is 3. The normalized spacial score (nSPS) is 12.0. The van der Waals surface area contributed by atoms with E-state index in [0.29, 0.717) is 17.5 Å². The summed E-state index contributed by atoms with van der Waals surface area (Å²) >= 11 is 0. The Bertz CT molecular complexity index is 2730. The second-order valence-corrected chi connectivity index (χ2v) is 15.3. The maximum atomic E-state index is 5.16. The SMILES string of the molecule is C1=CCCC(N(c2ccccc2)c2ccc(-c3nc(-c4ccc(N(c5ccccc5)c5ccccc5)cc4)nc(-c4ccc(N(c5ccccc5)c5ccccc5)cc4)n3)cc2)=C1. The zero-order chi connectivity index (χ0) is 42.2. The Labute approximate surface area is 369 Å². The monoisotopic (exact) mass is 812 g/mol. The van der Waals surface area contributed by atoms with Crippen LogP contribution < -0.4 is 14.7 Å². The number of benzene rings is 8. The van der Waals surface area contributed by atoms with E-state index in [1.807, 2.05) is 24.3 Å². The van der Waals surface area contributed by atoms with Crippen LogP contribution in [0.3, 0.4) is 0 Å². The van der Waals surface area contributed by atoms with Crippen LogP contribution in [0.5, 0.6) is 0 Å². The summed E-state index contributed by atoms with van der Waals surface area (Å²) in [6.45, 7) is 0. The molecule has 0 aliphatic heterocycles. The molecule has 0 spiro atoms. The van der Waals surface area contributed by atoms with Gasteiger partial charge in [-0.3, -0.25) is 0 Å². The van der Waals surface area contributed by atoms with Crippen LogP contribution in [-0.4, -0.2) is 15.0 Å². The van der Waals surface area contributed by atoms with Crippen LogP contribution in [-0.2, 0) is 0 Å². The van der Waals surface area contributed by atoms with Crippen molar-refractivity contribution in [1.82, 2.24) is 15.0 Å². The van der Waals surface area contributed by atoms with Gasteiger partial charge in [0.05, 0.1) is 0 Å². The molecule has 10 rings (SSSR count). The van der Waals surface area contributed by atoms with Crippen molar-refractivity contribution in [2.24, 2.45) is 0 Å². The molecule has 1 aromatic heterocycles. The Balaban J connectivity index is 1.05. The number of rotatable bonds is 12. The molecule has 0 N–H and O–H groups in total. The van der Waals surface area contributed by atoms with Gasteiger partial charge in [-0.1, -0.05) is 103 Å². The van der Waals surface area contributed by atoms with Crippen LogP contribution in [0.25, 0.3) is 34.2 Å². The Kier molecular flexibility index (Phi) is 11.2. The molecular formula is C57H44N6. The highest BCUT2D eigenvalue weighted by Crippen LogP contribution is 2.38. The molecule has 6 heteroatoms. The predicted octanol–water partition coefficient (Wildman–Crippen LogP) is 15.2. The second kappa shape index (κ2) is 18.1. The van der Waals surface area contributed by atoms with E-state index in [1.165, 1.54) is 5.70 Å². The molecule has 9 aromatic rings. The minimum Gasteiger partial charge on any atom is -0.314 e. The molecule has 0 atom stereocenters. The van der Waals surface area contributed by atoms with Crippen molar-refractivity contribution in [3.05, 3.63) is 248 Å². The zero-order valence-electron chi connectivity index (χ0n) is 34.7. The smallest absolute Gasteiger partial charge is 0.164 e. The van der Waals surface area contributed by atoms with E-state index in [0.717, 1.165) is 75.0 Å². The number of hydrogen-bond donors (Lipinski definition) is 0. The lowest BCUT2D eigenvalue weighted by atomic mass is 10.1. The lowest BCUT2D eigenvalue weighted by molar-refractivity contribution is 0.917. The Hall–Kier alpha value is -8.35. The van der Waals surface area contributed by atoms with Gasteiger partial charge in [-0.05, 0) is 152 Å². The first-order valence-electron chi connectivity index (χ1n) is 21.3. The van der Waals surface area contributed by atoms with Crippen LogP contribution in [0.4, 0.5) is 45.5 Å². The molecule has 0 unspecified atom stereocenters. The van der Waals surface area contributed by atoms with Gasteiger partial charge in [0.2, 0.25) is 0 Å². The molecule has 302 valence electrons. The van der Waals surface area contributed by atoms with Gasteiger partial charge in [-0.25, -0.2) is 15.0 Å². The van der Waals surface area contributed by atoms with E-state index < -0.39 is 0 Å². The van der Waals surface area contributed by atoms with Crippen LogP contribution in [0.15, 0.2) is 248 Å². The highest BCUT2D eigenvalue weighted by molar-refractivity contribution is 5.80. The van der Waals surface area contributed by atoms with E-state index >= 15 is 0 Å². The highest BCUT2D eigenvalue weighted by Gasteiger charge is 2.19. The van der Waals surface area contributed by atoms with Crippen molar-refractivity contribution in [2.45, 2.75) is 12.8 Å². The third-order valence-corrected chi connectivity index (χ3v) is 11.1. The fourth-order valence-electron chi connectivity index (χ4n) is 8.08. The van der Waals surface area contributed by atoms with Gasteiger partial charge in [0.15, 0.2) is 17.5 Å². The predicted molar refractivity (Wildman–Crippen MR) is 261 cm³/mol. The topological polar surface area (TPSA) is 48.4 Å². The highest BCUT2D eigenvalue weighted by atomic mass is 15.2. The van der Waals surface area contributed by atoms with Gasteiger partial charge in [-0.2, -0.15) is 0 Å². The van der Waals surface area contributed by atoms with Crippen LogP contribution in [0.1, 0.15) is 12.8 Å². The fourth-order valence-corrected chi connectivity index (χ4v) is 8.08. The fraction of sp³-hybridized carbons (Fsp3) is 0.0351. The molecule has 1 aliphatic carbocycles. The van der Waals surface area contributed by atoms with Gasteiger partial charge in [0, 0.05) is 67.9 Å². The van der Waals surface area contributed by atoms with Gasteiger partial charge < -0.3 is 14.7 Å². The first-order chi connectivity index (χ1) is 31.2. The van der Waals surface area contributed by atoms with Crippen LogP contribution in [0, 0.1) is 0 Å². The largest absolute Gasteiger partial charge is 0.314 e. The van der Waals surface area contributed by atoms with E-state index in [9.17, 15) is 0 Å². The van der Waals surface area contributed by atoms with Crippen molar-refractivity contribution in [2.75, 3.05) is 14.7 Å². The summed E-state index contributed by atoms with van der Waals surface area (Å²) in [5, 5.41) is 0. The van der Waals surface area contributed by atoms with E-state index in [-0.39, 0.29) is 0 Å². The average Bonchev–Trinajstić information content (AvgIpc) is 3.37. The molecule has 8 aromatic carbocycles. The molecule has 0 bridgehead atoms. The Morgan fingerprint density at radius 3 is 0.841 bits per heavy atom. The lowest BCUT2D eigenvalue weighted by Gasteiger charge is -2.29. The summed E-state index contributed by atoms with van der Waals surface area (Å²) in [4.78, 5) is 22.3. The molecule has 0 saturated carbocycles. The molecule has 0 amide bonds. The Morgan fingerprint density at radius 1 is 0.286 bits per heavy atom. The minimum atomic E-state index is 0.598. The summed E-state index contributed by atoms with van der Waals surface area (Å²) in [6.07, 6.45) is 8.56. The maximum absolute atomic E-state index is 5.16.